The maximum atomic E-state index is 5.87. The van der Waals surface area contributed by atoms with Crippen LogP contribution in [-0.4, -0.2) is 5.43 Å². The summed E-state index contributed by atoms with van der Waals surface area (Å²) in [6, 6.07) is 56.7. The summed E-state index contributed by atoms with van der Waals surface area (Å²) < 4.78 is 11.7. The number of furan rings is 2. The summed E-state index contributed by atoms with van der Waals surface area (Å²) in [6.45, 7) is 12.8. The molecule has 0 spiro atoms. The van der Waals surface area contributed by atoms with Gasteiger partial charge in [0.05, 0.1) is 23.0 Å². The van der Waals surface area contributed by atoms with Gasteiger partial charge in [0.15, 0.2) is 0 Å². The molecule has 2 nitrogen and oxygen atoms in total. The Bertz CT molecular complexity index is 2930. The molecule has 0 radical (unpaired) electrons. The van der Waals surface area contributed by atoms with E-state index in [9.17, 15) is 0 Å². The van der Waals surface area contributed by atoms with E-state index in [1.165, 1.54) is 76.5 Å². The molecule has 0 aliphatic carbocycles. The van der Waals surface area contributed by atoms with Gasteiger partial charge in [-0.2, -0.15) is 0 Å². The van der Waals surface area contributed by atoms with E-state index >= 15 is 0 Å². The molecule has 10 rings (SSSR count). The van der Waals surface area contributed by atoms with Crippen LogP contribution in [0.25, 0.3) is 88.0 Å². The zero-order valence-corrected chi connectivity index (χ0v) is 40.0. The Morgan fingerprint density at radius 1 is 0.500 bits per heavy atom. The Balaban J connectivity index is 0.000000147. The number of halogens is 2. The quantitative estimate of drug-likeness (QED) is 0.123. The Labute approximate surface area is 368 Å². The number of aryl methyl sites for hydroxylation is 4. The Kier molecular flexibility index (Phi) is 13.0. The first kappa shape index (κ1) is 42.0. The van der Waals surface area contributed by atoms with Crippen molar-refractivity contribution in [3.05, 3.63) is 180 Å². The van der Waals surface area contributed by atoms with E-state index in [0.717, 1.165) is 47.0 Å². The fourth-order valence-electron chi connectivity index (χ4n) is 8.23. The van der Waals surface area contributed by atoms with E-state index in [-0.39, 0.29) is 5.43 Å². The molecule has 300 valence electrons. The van der Waals surface area contributed by atoms with E-state index in [0.29, 0.717) is 0 Å². The van der Waals surface area contributed by atoms with Crippen molar-refractivity contribution in [1.82, 2.24) is 0 Å². The van der Waals surface area contributed by atoms with Crippen LogP contribution < -0.4 is 0 Å². The van der Waals surface area contributed by atoms with E-state index in [2.05, 4.69) is 173 Å². The molecule has 0 amide bonds. The Hall–Kier alpha value is -4.70. The van der Waals surface area contributed by atoms with Gasteiger partial charge in [0, 0.05) is 0 Å². The van der Waals surface area contributed by atoms with Crippen LogP contribution in [0.15, 0.2) is 167 Å². The van der Waals surface area contributed by atoms with Crippen molar-refractivity contribution >= 4 is 65.5 Å². The maximum absolute atomic E-state index is 5.87. The first-order chi connectivity index (χ1) is 29.1. The van der Waals surface area contributed by atoms with Crippen molar-refractivity contribution in [2.24, 2.45) is 0 Å². The van der Waals surface area contributed by atoms with Gasteiger partial charge in [-0.15, -0.1) is 57.9 Å². The van der Waals surface area contributed by atoms with Crippen LogP contribution in [0.5, 0.6) is 0 Å². The molecular formula is C54H48Cl2O2SiZr-2. The van der Waals surface area contributed by atoms with Gasteiger partial charge >= 0.3 is 53.5 Å². The molecule has 10 aromatic rings. The average Bonchev–Trinajstić information content (AvgIpc) is 4.09. The third-order valence-corrected chi connectivity index (χ3v) is 31.0. The molecule has 0 aliphatic heterocycles. The molecular weight excluding hydrogens is 871 g/mol. The molecule has 0 aliphatic rings. The number of rotatable bonds is 6. The molecule has 0 saturated carbocycles. The van der Waals surface area contributed by atoms with Crippen molar-refractivity contribution < 1.29 is 26.8 Å². The van der Waals surface area contributed by atoms with Crippen molar-refractivity contribution in [2.75, 3.05) is 0 Å². The summed E-state index contributed by atoms with van der Waals surface area (Å²) in [5.74, 6) is 3.76. The second-order valence-corrected chi connectivity index (χ2v) is 38.5. The van der Waals surface area contributed by atoms with E-state index < -0.39 is 18.0 Å². The minimum absolute atomic E-state index is 0.224. The zero-order valence-electron chi connectivity index (χ0n) is 35.0. The number of benzene rings is 6. The van der Waals surface area contributed by atoms with Gasteiger partial charge in [-0.3, -0.25) is 0 Å². The van der Waals surface area contributed by atoms with Crippen LogP contribution in [0.1, 0.15) is 36.5 Å². The molecule has 60 heavy (non-hydrogen) atoms. The van der Waals surface area contributed by atoms with E-state index in [1.807, 2.05) is 26.0 Å². The second kappa shape index (κ2) is 18.5. The van der Waals surface area contributed by atoms with Gasteiger partial charge in [0.2, 0.25) is 0 Å². The molecule has 0 saturated heterocycles. The minimum atomic E-state index is -1.65. The third kappa shape index (κ3) is 8.72. The summed E-state index contributed by atoms with van der Waals surface area (Å²) in [7, 11) is 11.2. The van der Waals surface area contributed by atoms with Gasteiger partial charge in [-0.1, -0.05) is 133 Å². The van der Waals surface area contributed by atoms with Crippen LogP contribution in [0.4, 0.5) is 0 Å². The Morgan fingerprint density at radius 2 is 0.900 bits per heavy atom. The molecule has 0 unspecified atom stereocenters. The summed E-state index contributed by atoms with van der Waals surface area (Å²) >= 11 is -1.65. The molecule has 0 N–H and O–H groups in total. The van der Waals surface area contributed by atoms with Crippen molar-refractivity contribution in [2.45, 2.75) is 53.6 Å². The number of fused-ring (bicyclic) bond motifs is 4. The molecule has 2 aromatic heterocycles. The monoisotopic (exact) mass is 916 g/mol. The van der Waals surface area contributed by atoms with Crippen LogP contribution >= 0.6 is 17.0 Å². The predicted molar refractivity (Wildman–Crippen MR) is 258 cm³/mol. The normalized spacial score (nSPS) is 11.1. The van der Waals surface area contributed by atoms with Gasteiger partial charge in [0.1, 0.15) is 0 Å². The number of hydrogen-bond donors (Lipinski definition) is 0. The van der Waals surface area contributed by atoms with E-state index in [1.54, 1.807) is 0 Å². The standard InChI is InChI=1S/2C26H21O.C2H6Si.2ClH.Zr/c2*1-3-18-12-13-20-15-21(25-14-11-17(2)27-25)16-24(20)26(18)23-10-6-8-19-7-4-5-9-22(19)23;1-3-2;;;/h2*4-16H,3H2,1-2H3;1-2H3;2*1H;/q2*-1;;;;+2/p-2. The Morgan fingerprint density at radius 3 is 1.27 bits per heavy atom. The average molecular weight is 919 g/mol. The van der Waals surface area contributed by atoms with Crippen LogP contribution in [0.3, 0.4) is 0 Å². The zero-order chi connectivity index (χ0) is 41.9. The molecule has 0 atom stereocenters. The topological polar surface area (TPSA) is 26.3 Å². The molecule has 8 aromatic carbocycles. The SMILES string of the molecule is CCc1ccc2[cH-]c(-c3ccc(C)o3)cc2c1-c1cccc2ccccc12.CCc1ccc2[cH-]c(-c3ccc(C)o3)cc2c1-c1cccc2ccccc12.C[Si](C)=[Zr]([Cl])[Cl]. The van der Waals surface area contributed by atoms with Crippen LogP contribution in [0.2, 0.25) is 13.1 Å². The summed E-state index contributed by atoms with van der Waals surface area (Å²) in [5, 5.41) is 10.3. The van der Waals surface area contributed by atoms with Gasteiger partial charge in [-0.05, 0) is 94.8 Å². The van der Waals surface area contributed by atoms with Gasteiger partial charge < -0.3 is 8.83 Å². The van der Waals surface area contributed by atoms with Gasteiger partial charge in [0.25, 0.3) is 0 Å². The molecule has 0 bridgehead atoms. The van der Waals surface area contributed by atoms with E-state index in [4.69, 9.17) is 25.9 Å². The summed E-state index contributed by atoms with van der Waals surface area (Å²) in [5.41, 5.74) is 10.1. The number of hydrogen-bond acceptors (Lipinski definition) is 2. The first-order valence-corrected chi connectivity index (χ1v) is 33.2. The predicted octanol–water partition coefficient (Wildman–Crippen LogP) is 17.2. The van der Waals surface area contributed by atoms with Crippen LogP contribution in [-0.2, 0) is 30.8 Å². The first-order valence-electron chi connectivity index (χ1n) is 20.7. The fourth-order valence-corrected chi connectivity index (χ4v) is 8.23. The van der Waals surface area contributed by atoms with Crippen LogP contribution in [0, 0.1) is 13.8 Å². The summed E-state index contributed by atoms with van der Waals surface area (Å²) in [4.78, 5) is 0. The third-order valence-electron chi connectivity index (χ3n) is 11.3. The molecule has 6 heteroatoms. The van der Waals surface area contributed by atoms with Crippen molar-refractivity contribution in [3.8, 4) is 44.9 Å². The molecule has 2 heterocycles. The second-order valence-electron chi connectivity index (χ2n) is 15.5. The summed E-state index contributed by atoms with van der Waals surface area (Å²) in [6.07, 6.45) is 2.02. The van der Waals surface area contributed by atoms with Crippen molar-refractivity contribution in [1.29, 1.82) is 0 Å². The fraction of sp³-hybridized carbons (Fsp3) is 0.148. The molecule has 0 fully saturated rings. The van der Waals surface area contributed by atoms with Crippen molar-refractivity contribution in [3.63, 3.8) is 0 Å². The van der Waals surface area contributed by atoms with Gasteiger partial charge in [-0.25, -0.2) is 0 Å².